The lowest BCUT2D eigenvalue weighted by Crippen LogP contribution is -2.43. The molecule has 20 heavy (non-hydrogen) atoms. The van der Waals surface area contributed by atoms with Crippen LogP contribution in [0.3, 0.4) is 0 Å². The van der Waals surface area contributed by atoms with Crippen molar-refractivity contribution >= 4 is 11.9 Å². The van der Waals surface area contributed by atoms with Gasteiger partial charge in [0.25, 0.3) is 5.91 Å². The summed E-state index contributed by atoms with van der Waals surface area (Å²) in [6.07, 6.45) is 2.38. The molecule has 0 aliphatic carbocycles. The first kappa shape index (κ1) is 14.4. The van der Waals surface area contributed by atoms with Gasteiger partial charge in [-0.15, -0.1) is 5.10 Å². The molecule has 0 spiro atoms. The molecule has 1 amide bonds. The van der Waals surface area contributed by atoms with Crippen LogP contribution < -0.4 is 10.6 Å². The Morgan fingerprint density at radius 2 is 2.35 bits per heavy atom. The van der Waals surface area contributed by atoms with Crippen LogP contribution in [-0.4, -0.2) is 51.6 Å². The van der Waals surface area contributed by atoms with E-state index >= 15 is 0 Å². The Morgan fingerprint density at radius 1 is 1.60 bits per heavy atom. The van der Waals surface area contributed by atoms with Crippen LogP contribution in [0.1, 0.15) is 36.3 Å². The van der Waals surface area contributed by atoms with Crippen LogP contribution in [-0.2, 0) is 4.79 Å². The van der Waals surface area contributed by atoms with Crippen LogP contribution >= 0.6 is 0 Å². The second-order valence-electron chi connectivity index (χ2n) is 4.98. The molecule has 8 nitrogen and oxygen atoms in total. The van der Waals surface area contributed by atoms with Crippen LogP contribution in [0.25, 0.3) is 0 Å². The molecule has 3 N–H and O–H groups in total. The summed E-state index contributed by atoms with van der Waals surface area (Å²) in [5.41, 5.74) is 0.266. The van der Waals surface area contributed by atoms with Crippen molar-refractivity contribution in [3.05, 3.63) is 11.9 Å². The van der Waals surface area contributed by atoms with Gasteiger partial charge in [-0.25, -0.2) is 4.68 Å². The minimum absolute atomic E-state index is 0.0528. The van der Waals surface area contributed by atoms with Gasteiger partial charge < -0.3 is 15.7 Å². The first-order chi connectivity index (χ1) is 9.60. The van der Waals surface area contributed by atoms with Gasteiger partial charge in [-0.3, -0.25) is 9.59 Å². The summed E-state index contributed by atoms with van der Waals surface area (Å²) < 4.78 is 1.68. The maximum Gasteiger partial charge on any atom is 0.303 e. The third-order valence-electron chi connectivity index (χ3n) is 3.47. The van der Waals surface area contributed by atoms with Crippen LogP contribution in [0.15, 0.2) is 6.20 Å². The van der Waals surface area contributed by atoms with E-state index in [1.54, 1.807) is 10.9 Å². The molecule has 8 heteroatoms. The van der Waals surface area contributed by atoms with Crippen LogP contribution in [0.4, 0.5) is 0 Å². The Morgan fingerprint density at radius 3 is 2.90 bits per heavy atom. The Bertz CT molecular complexity index is 483. The number of rotatable bonds is 7. The predicted octanol–water partition coefficient (Wildman–Crippen LogP) is -0.347. The third kappa shape index (κ3) is 3.53. The van der Waals surface area contributed by atoms with E-state index in [1.165, 1.54) is 0 Å². The molecule has 0 bridgehead atoms. The first-order valence-electron chi connectivity index (χ1n) is 6.72. The van der Waals surface area contributed by atoms with Gasteiger partial charge in [0.15, 0.2) is 5.69 Å². The number of nitrogens with zero attached hydrogens (tertiary/aromatic N) is 3. The van der Waals surface area contributed by atoms with E-state index in [1.807, 2.05) is 6.92 Å². The van der Waals surface area contributed by atoms with Crippen molar-refractivity contribution in [3.63, 3.8) is 0 Å². The zero-order chi connectivity index (χ0) is 14.5. The van der Waals surface area contributed by atoms with Crippen molar-refractivity contribution in [2.75, 3.05) is 19.6 Å². The second kappa shape index (κ2) is 6.47. The quantitative estimate of drug-likeness (QED) is 0.630. The van der Waals surface area contributed by atoms with Crippen molar-refractivity contribution in [1.29, 1.82) is 0 Å². The zero-order valence-corrected chi connectivity index (χ0v) is 11.4. The molecule has 1 saturated heterocycles. The van der Waals surface area contributed by atoms with Crippen molar-refractivity contribution in [1.82, 2.24) is 25.6 Å². The molecule has 1 fully saturated rings. The molecule has 0 aromatic carbocycles. The molecule has 1 aromatic heterocycles. The lowest BCUT2D eigenvalue weighted by Gasteiger charge is -2.26. The SMILES string of the molecule is CCC(CNC(=O)c1cn(C2CNC2)nn1)CC(=O)O. The van der Waals surface area contributed by atoms with Gasteiger partial charge >= 0.3 is 5.97 Å². The monoisotopic (exact) mass is 281 g/mol. The molecule has 1 atom stereocenters. The molecule has 1 aliphatic rings. The maximum atomic E-state index is 11.9. The molecule has 110 valence electrons. The Labute approximate surface area is 116 Å². The smallest absolute Gasteiger partial charge is 0.303 e. The topological polar surface area (TPSA) is 109 Å². The highest BCUT2D eigenvalue weighted by Gasteiger charge is 2.22. The largest absolute Gasteiger partial charge is 0.481 e. The molecular formula is C12H19N5O3. The molecule has 0 radical (unpaired) electrons. The second-order valence-corrected chi connectivity index (χ2v) is 4.98. The summed E-state index contributed by atoms with van der Waals surface area (Å²) in [7, 11) is 0. The maximum absolute atomic E-state index is 11.9. The van der Waals surface area contributed by atoms with Crippen molar-refractivity contribution in [2.24, 2.45) is 5.92 Å². The lowest BCUT2D eigenvalue weighted by molar-refractivity contribution is -0.138. The van der Waals surface area contributed by atoms with Crippen molar-refractivity contribution in [3.8, 4) is 0 Å². The highest BCUT2D eigenvalue weighted by molar-refractivity contribution is 5.91. The summed E-state index contributed by atoms with van der Waals surface area (Å²) in [6, 6.07) is 0.263. The normalized spacial score (nSPS) is 16.4. The summed E-state index contributed by atoms with van der Waals surface area (Å²) in [5.74, 6) is -1.23. The van der Waals surface area contributed by atoms with Gasteiger partial charge in [0, 0.05) is 26.1 Å². The number of aliphatic carboxylic acids is 1. The standard InChI is InChI=1S/C12H19N5O3/c1-2-8(3-11(18)19)4-14-12(20)10-7-17(16-15-10)9-5-13-6-9/h7-9,13H,2-6H2,1H3,(H,14,20)(H,18,19). The average Bonchev–Trinajstić information content (AvgIpc) is 2.80. The van der Waals surface area contributed by atoms with E-state index in [0.29, 0.717) is 13.0 Å². The molecule has 2 heterocycles. The zero-order valence-electron chi connectivity index (χ0n) is 11.4. The highest BCUT2D eigenvalue weighted by Crippen LogP contribution is 2.10. The van der Waals surface area contributed by atoms with Crippen LogP contribution in [0.2, 0.25) is 0 Å². The Balaban J connectivity index is 1.84. The number of carbonyl (C=O) groups is 2. The van der Waals surface area contributed by atoms with E-state index in [9.17, 15) is 9.59 Å². The number of amides is 1. The van der Waals surface area contributed by atoms with E-state index < -0.39 is 5.97 Å². The minimum Gasteiger partial charge on any atom is -0.481 e. The number of aromatic nitrogens is 3. The lowest BCUT2D eigenvalue weighted by atomic mass is 10.0. The number of hydrogen-bond donors (Lipinski definition) is 3. The molecule has 1 aliphatic heterocycles. The fourth-order valence-corrected chi connectivity index (χ4v) is 1.96. The van der Waals surface area contributed by atoms with Gasteiger partial charge in [0.2, 0.25) is 0 Å². The summed E-state index contributed by atoms with van der Waals surface area (Å²) in [6.45, 7) is 3.90. The van der Waals surface area contributed by atoms with E-state index in [2.05, 4.69) is 20.9 Å². The van der Waals surface area contributed by atoms with Gasteiger partial charge in [-0.1, -0.05) is 18.6 Å². The van der Waals surface area contributed by atoms with E-state index in [-0.39, 0.29) is 30.0 Å². The van der Waals surface area contributed by atoms with E-state index in [4.69, 9.17) is 5.11 Å². The third-order valence-corrected chi connectivity index (χ3v) is 3.47. The van der Waals surface area contributed by atoms with Crippen LogP contribution in [0, 0.1) is 5.92 Å². The van der Waals surface area contributed by atoms with Crippen molar-refractivity contribution in [2.45, 2.75) is 25.8 Å². The number of hydrogen-bond acceptors (Lipinski definition) is 5. The van der Waals surface area contributed by atoms with E-state index in [0.717, 1.165) is 13.1 Å². The molecule has 2 rings (SSSR count). The molecule has 0 saturated carbocycles. The number of carboxylic acid groups (broad SMARTS) is 1. The fraction of sp³-hybridized carbons (Fsp3) is 0.667. The number of nitrogens with one attached hydrogen (secondary N) is 2. The van der Waals surface area contributed by atoms with Crippen LogP contribution in [0.5, 0.6) is 0 Å². The first-order valence-corrected chi connectivity index (χ1v) is 6.72. The molecular weight excluding hydrogens is 262 g/mol. The average molecular weight is 281 g/mol. The predicted molar refractivity (Wildman–Crippen MR) is 70.3 cm³/mol. The van der Waals surface area contributed by atoms with Crippen molar-refractivity contribution < 1.29 is 14.7 Å². The van der Waals surface area contributed by atoms with Gasteiger partial charge in [0.05, 0.1) is 12.2 Å². The Kier molecular flexibility index (Phi) is 4.67. The summed E-state index contributed by atoms with van der Waals surface area (Å²) >= 11 is 0. The molecule has 1 unspecified atom stereocenters. The molecule has 1 aromatic rings. The van der Waals surface area contributed by atoms with Gasteiger partial charge in [0.1, 0.15) is 0 Å². The van der Waals surface area contributed by atoms with Gasteiger partial charge in [-0.05, 0) is 5.92 Å². The summed E-state index contributed by atoms with van der Waals surface area (Å²) in [5, 5.41) is 22.3. The minimum atomic E-state index is -0.852. The highest BCUT2D eigenvalue weighted by atomic mass is 16.4. The number of carbonyl (C=O) groups excluding carboxylic acids is 1. The number of carboxylic acids is 1. The fourth-order valence-electron chi connectivity index (χ4n) is 1.96. The van der Waals surface area contributed by atoms with Gasteiger partial charge in [-0.2, -0.15) is 0 Å². The summed E-state index contributed by atoms with van der Waals surface area (Å²) in [4.78, 5) is 22.6. The Hall–Kier alpha value is -1.96.